The summed E-state index contributed by atoms with van der Waals surface area (Å²) in [6.45, 7) is 4.67. The molecule has 2 aliphatic carbocycles. The molecule has 0 aromatic heterocycles. The van der Waals surface area contributed by atoms with Gasteiger partial charge in [0.2, 0.25) is 0 Å². The largest absolute Gasteiger partial charge is 0.324 e. The topological polar surface area (TPSA) is 26.0 Å². The SMILES string of the molecule is CC1(C)CC(N)c2cc3c4c(cccc4c21)CC3. The Morgan fingerprint density at radius 3 is 2.78 bits per heavy atom. The van der Waals surface area contributed by atoms with Gasteiger partial charge in [0.15, 0.2) is 0 Å². The van der Waals surface area contributed by atoms with Gasteiger partial charge in [0, 0.05) is 6.04 Å². The van der Waals surface area contributed by atoms with Crippen molar-refractivity contribution >= 4 is 10.8 Å². The fourth-order valence-electron chi connectivity index (χ4n) is 4.16. The van der Waals surface area contributed by atoms with Crippen LogP contribution in [0.15, 0.2) is 24.3 Å². The molecule has 1 atom stereocenters. The van der Waals surface area contributed by atoms with Crippen LogP contribution >= 0.6 is 0 Å². The van der Waals surface area contributed by atoms with Crippen LogP contribution in [0.1, 0.15) is 48.6 Å². The number of hydrogen-bond acceptors (Lipinski definition) is 1. The van der Waals surface area contributed by atoms with Crippen LogP contribution in [0.5, 0.6) is 0 Å². The van der Waals surface area contributed by atoms with Crippen LogP contribution < -0.4 is 5.73 Å². The van der Waals surface area contributed by atoms with Crippen LogP contribution in [0, 0.1) is 0 Å². The second-order valence-electron chi connectivity index (χ2n) is 6.53. The number of benzene rings is 2. The van der Waals surface area contributed by atoms with Crippen LogP contribution in [0.25, 0.3) is 10.8 Å². The number of hydrogen-bond donors (Lipinski definition) is 1. The van der Waals surface area contributed by atoms with Gasteiger partial charge in [0.25, 0.3) is 0 Å². The first kappa shape index (κ1) is 10.6. The van der Waals surface area contributed by atoms with Crippen molar-refractivity contribution in [2.45, 2.75) is 44.6 Å². The molecule has 1 nitrogen and oxygen atoms in total. The summed E-state index contributed by atoms with van der Waals surface area (Å²) in [5.41, 5.74) is 12.5. The second kappa shape index (κ2) is 3.16. The summed E-state index contributed by atoms with van der Waals surface area (Å²) >= 11 is 0. The Balaban J connectivity index is 2.20. The van der Waals surface area contributed by atoms with E-state index in [0.29, 0.717) is 0 Å². The molecule has 0 aliphatic heterocycles. The Kier molecular flexibility index (Phi) is 1.85. The van der Waals surface area contributed by atoms with Crippen molar-refractivity contribution in [3.05, 3.63) is 46.5 Å². The van der Waals surface area contributed by atoms with E-state index in [0.717, 1.165) is 6.42 Å². The minimum Gasteiger partial charge on any atom is -0.324 e. The predicted molar refractivity (Wildman–Crippen MR) is 75.9 cm³/mol. The fraction of sp³-hybridized carbons (Fsp3) is 0.412. The van der Waals surface area contributed by atoms with E-state index in [2.05, 4.69) is 38.1 Å². The lowest BCUT2D eigenvalue weighted by Gasteiger charge is -2.21. The van der Waals surface area contributed by atoms with Gasteiger partial charge in [0.1, 0.15) is 0 Å². The van der Waals surface area contributed by atoms with E-state index in [4.69, 9.17) is 5.73 Å². The maximum absolute atomic E-state index is 6.35. The second-order valence-corrected chi connectivity index (χ2v) is 6.53. The molecule has 92 valence electrons. The summed E-state index contributed by atoms with van der Waals surface area (Å²) < 4.78 is 0. The van der Waals surface area contributed by atoms with Crippen molar-refractivity contribution in [2.75, 3.05) is 0 Å². The molecule has 18 heavy (non-hydrogen) atoms. The van der Waals surface area contributed by atoms with Gasteiger partial charge in [-0.1, -0.05) is 38.1 Å². The van der Waals surface area contributed by atoms with Gasteiger partial charge >= 0.3 is 0 Å². The highest BCUT2D eigenvalue weighted by molar-refractivity contribution is 5.95. The normalized spacial score (nSPS) is 23.6. The van der Waals surface area contributed by atoms with E-state index < -0.39 is 0 Å². The molecule has 0 bridgehead atoms. The highest BCUT2D eigenvalue weighted by atomic mass is 14.7. The van der Waals surface area contributed by atoms with E-state index in [1.54, 1.807) is 0 Å². The summed E-state index contributed by atoms with van der Waals surface area (Å²) in [5, 5.41) is 2.99. The van der Waals surface area contributed by atoms with Crippen LogP contribution in [0.3, 0.4) is 0 Å². The summed E-state index contributed by atoms with van der Waals surface area (Å²) in [6.07, 6.45) is 3.46. The maximum atomic E-state index is 6.35. The molecule has 0 radical (unpaired) electrons. The zero-order chi connectivity index (χ0) is 12.5. The number of fused-ring (bicyclic) bond motifs is 2. The van der Waals surface area contributed by atoms with Crippen molar-refractivity contribution in [3.8, 4) is 0 Å². The molecular formula is C17H19N. The van der Waals surface area contributed by atoms with Gasteiger partial charge in [-0.05, 0) is 57.7 Å². The van der Waals surface area contributed by atoms with Gasteiger partial charge in [-0.15, -0.1) is 0 Å². The van der Waals surface area contributed by atoms with E-state index >= 15 is 0 Å². The monoisotopic (exact) mass is 237 g/mol. The molecule has 0 saturated carbocycles. The average molecular weight is 237 g/mol. The molecule has 4 rings (SSSR count). The highest BCUT2D eigenvalue weighted by Crippen LogP contribution is 2.49. The molecule has 2 aliphatic rings. The molecule has 1 unspecified atom stereocenters. The number of rotatable bonds is 0. The third-order valence-corrected chi connectivity index (χ3v) is 4.83. The Morgan fingerprint density at radius 2 is 1.94 bits per heavy atom. The molecule has 0 saturated heterocycles. The van der Waals surface area contributed by atoms with Gasteiger partial charge < -0.3 is 5.73 Å². The van der Waals surface area contributed by atoms with Gasteiger partial charge in [-0.25, -0.2) is 0 Å². The molecule has 1 heteroatoms. The van der Waals surface area contributed by atoms with Gasteiger partial charge in [-0.2, -0.15) is 0 Å². The number of aryl methyl sites for hydroxylation is 2. The van der Waals surface area contributed by atoms with Crippen molar-refractivity contribution in [2.24, 2.45) is 5.73 Å². The first-order valence-electron chi connectivity index (χ1n) is 6.91. The molecular weight excluding hydrogens is 218 g/mol. The van der Waals surface area contributed by atoms with Crippen molar-refractivity contribution in [1.82, 2.24) is 0 Å². The standard InChI is InChI=1S/C17H19N/c1-17(2)9-14(18)13-8-11-7-6-10-4-3-5-12(15(10)11)16(13)17/h3-5,8,14H,6-7,9,18H2,1-2H3. The van der Waals surface area contributed by atoms with Crippen molar-refractivity contribution in [3.63, 3.8) is 0 Å². The van der Waals surface area contributed by atoms with Crippen LogP contribution in [-0.4, -0.2) is 0 Å². The smallest absolute Gasteiger partial charge is 0.0306 e. The predicted octanol–water partition coefficient (Wildman–Crippen LogP) is 3.62. The van der Waals surface area contributed by atoms with Crippen molar-refractivity contribution < 1.29 is 0 Å². The molecule has 0 spiro atoms. The van der Waals surface area contributed by atoms with Gasteiger partial charge in [0.05, 0.1) is 0 Å². The quantitative estimate of drug-likeness (QED) is 0.744. The zero-order valence-electron chi connectivity index (χ0n) is 11.1. The summed E-state index contributed by atoms with van der Waals surface area (Å²) in [4.78, 5) is 0. The average Bonchev–Trinajstić information content (AvgIpc) is 2.82. The van der Waals surface area contributed by atoms with E-state index in [9.17, 15) is 0 Å². The minimum atomic E-state index is 0.217. The molecule has 2 N–H and O–H groups in total. The van der Waals surface area contributed by atoms with E-state index in [1.807, 2.05) is 0 Å². The third kappa shape index (κ3) is 1.16. The van der Waals surface area contributed by atoms with E-state index in [-0.39, 0.29) is 11.5 Å². The molecule has 0 heterocycles. The first-order valence-corrected chi connectivity index (χ1v) is 6.91. The summed E-state index contributed by atoms with van der Waals surface area (Å²) in [6, 6.07) is 9.42. The summed E-state index contributed by atoms with van der Waals surface area (Å²) in [5.74, 6) is 0. The van der Waals surface area contributed by atoms with E-state index in [1.165, 1.54) is 45.9 Å². The zero-order valence-corrected chi connectivity index (χ0v) is 11.1. The van der Waals surface area contributed by atoms with Crippen molar-refractivity contribution in [1.29, 1.82) is 0 Å². The van der Waals surface area contributed by atoms with Crippen LogP contribution in [0.4, 0.5) is 0 Å². The molecule has 2 aromatic carbocycles. The Bertz CT molecular complexity index is 667. The highest BCUT2D eigenvalue weighted by Gasteiger charge is 2.37. The fourth-order valence-corrected chi connectivity index (χ4v) is 4.16. The van der Waals surface area contributed by atoms with Crippen LogP contribution in [0.2, 0.25) is 0 Å². The van der Waals surface area contributed by atoms with Crippen LogP contribution in [-0.2, 0) is 18.3 Å². The molecule has 0 amide bonds. The Hall–Kier alpha value is -1.34. The molecule has 0 fully saturated rings. The lowest BCUT2D eigenvalue weighted by Crippen LogP contribution is -2.14. The molecule has 2 aromatic rings. The third-order valence-electron chi connectivity index (χ3n) is 4.83. The minimum absolute atomic E-state index is 0.217. The number of nitrogens with two attached hydrogens (primary N) is 1. The maximum Gasteiger partial charge on any atom is 0.0306 e. The lowest BCUT2D eigenvalue weighted by molar-refractivity contribution is 0.483. The summed E-state index contributed by atoms with van der Waals surface area (Å²) in [7, 11) is 0. The lowest BCUT2D eigenvalue weighted by atomic mass is 9.82. The van der Waals surface area contributed by atoms with Gasteiger partial charge in [-0.3, -0.25) is 0 Å². The Labute approximate surface area is 108 Å². The Morgan fingerprint density at radius 1 is 1.17 bits per heavy atom. The first-order chi connectivity index (χ1) is 8.58.